The molecule has 0 radical (unpaired) electrons. The number of hydrogen-bond acceptors (Lipinski definition) is 5. The lowest BCUT2D eigenvalue weighted by atomic mass is 10.1. The van der Waals surface area contributed by atoms with Gasteiger partial charge in [-0.1, -0.05) is 48.5 Å². The maximum Gasteiger partial charge on any atom is 0.248 e. The Balaban J connectivity index is 1.33. The van der Waals surface area contributed by atoms with E-state index >= 15 is 0 Å². The van der Waals surface area contributed by atoms with Crippen molar-refractivity contribution >= 4 is 17.7 Å². The number of nitrogens with one attached hydrogen (secondary N) is 1. The van der Waals surface area contributed by atoms with E-state index in [0.717, 1.165) is 28.9 Å². The third kappa shape index (κ3) is 5.97. The molecule has 1 aliphatic heterocycles. The van der Waals surface area contributed by atoms with Gasteiger partial charge in [0.2, 0.25) is 5.91 Å². The van der Waals surface area contributed by atoms with Gasteiger partial charge in [0, 0.05) is 11.6 Å². The third-order valence-corrected chi connectivity index (χ3v) is 4.93. The first kappa shape index (κ1) is 21.6. The molecule has 3 aromatic carbocycles. The number of phenolic OH excluding ortho intramolecular Hbond substituents is 1. The lowest BCUT2D eigenvalue weighted by molar-refractivity contribution is -0.183. The van der Waals surface area contributed by atoms with Crippen molar-refractivity contribution < 1.29 is 24.1 Å². The smallest absolute Gasteiger partial charge is 0.248 e. The van der Waals surface area contributed by atoms with E-state index in [1.54, 1.807) is 18.2 Å². The van der Waals surface area contributed by atoms with Crippen LogP contribution < -0.4 is 10.1 Å². The molecule has 0 atom stereocenters. The Hall–Kier alpha value is -3.61. The van der Waals surface area contributed by atoms with Crippen LogP contribution >= 0.6 is 0 Å². The summed E-state index contributed by atoms with van der Waals surface area (Å²) < 4.78 is 16.9. The second-order valence-corrected chi connectivity index (χ2v) is 7.37. The van der Waals surface area contributed by atoms with Crippen molar-refractivity contribution in [3.05, 3.63) is 95.6 Å². The Morgan fingerprint density at radius 1 is 1.03 bits per heavy atom. The van der Waals surface area contributed by atoms with Crippen molar-refractivity contribution in [2.24, 2.45) is 0 Å². The zero-order valence-corrected chi connectivity index (χ0v) is 17.6. The fourth-order valence-corrected chi connectivity index (χ4v) is 3.24. The molecule has 32 heavy (non-hydrogen) atoms. The Labute approximate surface area is 187 Å². The van der Waals surface area contributed by atoms with Gasteiger partial charge in [-0.15, -0.1) is 0 Å². The van der Waals surface area contributed by atoms with Crippen molar-refractivity contribution in [3.63, 3.8) is 0 Å². The number of carbonyl (C=O) groups is 1. The third-order valence-electron chi connectivity index (χ3n) is 4.93. The van der Waals surface area contributed by atoms with Gasteiger partial charge in [-0.05, 0) is 47.9 Å². The number of ether oxygens (including phenoxy) is 3. The van der Waals surface area contributed by atoms with E-state index in [-0.39, 0.29) is 11.7 Å². The van der Waals surface area contributed by atoms with Gasteiger partial charge >= 0.3 is 0 Å². The molecule has 0 aliphatic carbocycles. The largest absolute Gasteiger partial charge is 0.506 e. The highest BCUT2D eigenvalue weighted by molar-refractivity contribution is 6.02. The van der Waals surface area contributed by atoms with Gasteiger partial charge < -0.3 is 24.6 Å². The second kappa shape index (κ2) is 10.6. The second-order valence-electron chi connectivity index (χ2n) is 7.37. The summed E-state index contributed by atoms with van der Waals surface area (Å²) in [6.45, 7) is 1.73. The molecule has 1 amide bonds. The van der Waals surface area contributed by atoms with Crippen LogP contribution in [0.25, 0.3) is 6.08 Å². The van der Waals surface area contributed by atoms with Crippen LogP contribution in [0.3, 0.4) is 0 Å². The van der Waals surface area contributed by atoms with Crippen LogP contribution in [0, 0.1) is 0 Å². The number of carbonyl (C=O) groups excluding carboxylic acids is 1. The van der Waals surface area contributed by atoms with E-state index in [1.165, 1.54) is 12.1 Å². The topological polar surface area (TPSA) is 77.0 Å². The summed E-state index contributed by atoms with van der Waals surface area (Å²) >= 11 is 0. The maximum atomic E-state index is 12.4. The lowest BCUT2D eigenvalue weighted by Crippen LogP contribution is -2.18. The van der Waals surface area contributed by atoms with E-state index in [4.69, 9.17) is 14.2 Å². The van der Waals surface area contributed by atoms with Crippen LogP contribution in [0.5, 0.6) is 11.5 Å². The van der Waals surface area contributed by atoms with E-state index in [1.807, 2.05) is 54.6 Å². The number of amides is 1. The van der Waals surface area contributed by atoms with Crippen LogP contribution in [0.4, 0.5) is 5.69 Å². The molecule has 1 fully saturated rings. The van der Waals surface area contributed by atoms with Gasteiger partial charge in [0.25, 0.3) is 0 Å². The first-order valence-corrected chi connectivity index (χ1v) is 10.5. The predicted octanol–water partition coefficient (Wildman–Crippen LogP) is 5.06. The van der Waals surface area contributed by atoms with Gasteiger partial charge in [-0.2, -0.15) is 0 Å². The Morgan fingerprint density at radius 3 is 2.53 bits per heavy atom. The van der Waals surface area contributed by atoms with Crippen molar-refractivity contribution in [3.8, 4) is 11.5 Å². The summed E-state index contributed by atoms with van der Waals surface area (Å²) in [4.78, 5) is 12.4. The number of phenols is 1. The van der Waals surface area contributed by atoms with Crippen molar-refractivity contribution in [1.29, 1.82) is 0 Å². The summed E-state index contributed by atoms with van der Waals surface area (Å²) in [5.41, 5.74) is 3.00. The fourth-order valence-electron chi connectivity index (χ4n) is 3.24. The SMILES string of the molecule is O=C(/C=C/c1ccc(OCc2ccccc2)cc1)Nc1cc(C2OCCCO2)ccc1O. The average molecular weight is 431 g/mol. The molecular weight excluding hydrogens is 406 g/mol. The first-order chi connectivity index (χ1) is 15.7. The van der Waals surface area contributed by atoms with Gasteiger partial charge in [0.05, 0.1) is 18.9 Å². The minimum atomic E-state index is -0.488. The molecule has 4 rings (SSSR count). The van der Waals surface area contributed by atoms with Crippen molar-refractivity contribution in [2.75, 3.05) is 18.5 Å². The standard InChI is InChI=1S/C26H25NO5/c28-24-13-10-21(26-30-15-4-16-31-26)17-23(24)27-25(29)14-9-19-7-11-22(12-8-19)32-18-20-5-2-1-3-6-20/h1-3,5-14,17,26,28H,4,15-16,18H2,(H,27,29)/b14-9+. The van der Waals surface area contributed by atoms with E-state index in [9.17, 15) is 9.90 Å². The van der Waals surface area contributed by atoms with Gasteiger partial charge in [-0.3, -0.25) is 4.79 Å². The molecule has 1 heterocycles. The van der Waals surface area contributed by atoms with Crippen LogP contribution in [0.15, 0.2) is 78.9 Å². The molecule has 0 bridgehead atoms. The quantitative estimate of drug-likeness (QED) is 0.404. The molecule has 0 aromatic heterocycles. The Morgan fingerprint density at radius 2 is 1.78 bits per heavy atom. The lowest BCUT2D eigenvalue weighted by Gasteiger charge is -2.24. The number of anilines is 1. The number of aromatic hydroxyl groups is 1. The molecule has 3 aromatic rings. The van der Waals surface area contributed by atoms with Gasteiger partial charge in [0.15, 0.2) is 6.29 Å². The molecule has 6 nitrogen and oxygen atoms in total. The average Bonchev–Trinajstić information content (AvgIpc) is 2.85. The fraction of sp³-hybridized carbons (Fsp3) is 0.192. The first-order valence-electron chi connectivity index (χ1n) is 10.5. The molecule has 2 N–H and O–H groups in total. The summed E-state index contributed by atoms with van der Waals surface area (Å²) in [6, 6.07) is 22.3. The van der Waals surface area contributed by atoms with E-state index in [0.29, 0.717) is 25.5 Å². The van der Waals surface area contributed by atoms with Crippen LogP contribution in [-0.2, 0) is 20.9 Å². The Kier molecular flexibility index (Phi) is 7.17. The highest BCUT2D eigenvalue weighted by atomic mass is 16.7. The summed E-state index contributed by atoms with van der Waals surface area (Å²) in [6.07, 6.45) is 3.48. The molecule has 0 spiro atoms. The molecule has 6 heteroatoms. The normalized spacial score (nSPS) is 14.4. The molecule has 1 saturated heterocycles. The van der Waals surface area contributed by atoms with Crippen LogP contribution in [0.2, 0.25) is 0 Å². The number of benzene rings is 3. The summed E-state index contributed by atoms with van der Waals surface area (Å²) in [7, 11) is 0. The minimum Gasteiger partial charge on any atom is -0.506 e. The van der Waals surface area contributed by atoms with Gasteiger partial charge in [-0.25, -0.2) is 0 Å². The molecular formula is C26H25NO5. The summed E-state index contributed by atoms with van der Waals surface area (Å²) in [5.74, 6) is 0.378. The molecule has 0 saturated carbocycles. The molecule has 164 valence electrons. The minimum absolute atomic E-state index is 0.0220. The van der Waals surface area contributed by atoms with E-state index < -0.39 is 6.29 Å². The maximum absolute atomic E-state index is 12.4. The number of rotatable bonds is 7. The highest BCUT2D eigenvalue weighted by Gasteiger charge is 2.18. The highest BCUT2D eigenvalue weighted by Crippen LogP contribution is 2.30. The number of hydrogen-bond donors (Lipinski definition) is 2. The zero-order valence-electron chi connectivity index (χ0n) is 17.6. The predicted molar refractivity (Wildman–Crippen MR) is 122 cm³/mol. The monoisotopic (exact) mass is 431 g/mol. The molecule has 0 unspecified atom stereocenters. The zero-order chi connectivity index (χ0) is 22.2. The summed E-state index contributed by atoms with van der Waals surface area (Å²) in [5, 5.41) is 12.8. The van der Waals surface area contributed by atoms with E-state index in [2.05, 4.69) is 5.32 Å². The van der Waals surface area contributed by atoms with Crippen molar-refractivity contribution in [2.45, 2.75) is 19.3 Å². The Bertz CT molecular complexity index is 1060. The van der Waals surface area contributed by atoms with Crippen LogP contribution in [0.1, 0.15) is 29.4 Å². The van der Waals surface area contributed by atoms with Gasteiger partial charge in [0.1, 0.15) is 18.1 Å². The molecule has 1 aliphatic rings. The van der Waals surface area contributed by atoms with Crippen LogP contribution in [-0.4, -0.2) is 24.2 Å². The van der Waals surface area contributed by atoms with Crippen molar-refractivity contribution in [1.82, 2.24) is 0 Å².